The lowest BCUT2D eigenvalue weighted by molar-refractivity contribution is 0.0943. The van der Waals surface area contributed by atoms with E-state index in [4.69, 9.17) is 0 Å². The van der Waals surface area contributed by atoms with Gasteiger partial charge < -0.3 is 5.32 Å². The van der Waals surface area contributed by atoms with Gasteiger partial charge in [-0.05, 0) is 42.7 Å². The Morgan fingerprint density at radius 3 is 2.69 bits per heavy atom. The summed E-state index contributed by atoms with van der Waals surface area (Å²) in [6, 6.07) is 9.74. The van der Waals surface area contributed by atoms with Gasteiger partial charge in [0, 0.05) is 29.0 Å². The molecule has 3 heterocycles. The number of imidazole rings is 1. The van der Waals surface area contributed by atoms with Crippen molar-refractivity contribution in [2.45, 2.75) is 11.7 Å². The monoisotopic (exact) mass is 425 g/mol. The molecule has 29 heavy (non-hydrogen) atoms. The van der Waals surface area contributed by atoms with Gasteiger partial charge in [0.05, 0.1) is 18.4 Å². The largest absolute Gasteiger partial charge is 0.344 e. The van der Waals surface area contributed by atoms with Crippen LogP contribution in [0.4, 0.5) is 4.39 Å². The molecule has 0 saturated carbocycles. The van der Waals surface area contributed by atoms with E-state index in [9.17, 15) is 9.18 Å². The summed E-state index contributed by atoms with van der Waals surface area (Å²) in [6.07, 6.45) is 6.83. The van der Waals surface area contributed by atoms with Crippen LogP contribution in [-0.4, -0.2) is 31.7 Å². The zero-order valence-corrected chi connectivity index (χ0v) is 17.0. The van der Waals surface area contributed by atoms with E-state index in [0.717, 1.165) is 16.3 Å². The molecule has 0 aliphatic heterocycles. The molecule has 1 N–H and O–H groups in total. The van der Waals surface area contributed by atoms with Crippen molar-refractivity contribution in [1.82, 2.24) is 24.8 Å². The SMILES string of the molecule is CSc1ncc(C(=O)NCc2nc(-c3ccncc3)cs2)n1-c1ccc(F)cc1. The summed E-state index contributed by atoms with van der Waals surface area (Å²) in [5.41, 5.74) is 2.88. The maximum absolute atomic E-state index is 13.3. The minimum atomic E-state index is -0.334. The molecule has 4 aromatic rings. The minimum absolute atomic E-state index is 0.275. The third kappa shape index (κ3) is 4.20. The van der Waals surface area contributed by atoms with Crippen LogP contribution in [0.15, 0.2) is 65.5 Å². The number of benzene rings is 1. The van der Waals surface area contributed by atoms with E-state index in [2.05, 4.69) is 20.3 Å². The number of hydrogen-bond donors (Lipinski definition) is 1. The van der Waals surface area contributed by atoms with Crippen LogP contribution in [-0.2, 0) is 6.54 Å². The zero-order valence-electron chi connectivity index (χ0n) is 15.4. The smallest absolute Gasteiger partial charge is 0.270 e. The fourth-order valence-electron chi connectivity index (χ4n) is 2.77. The number of rotatable bonds is 6. The fraction of sp³-hybridized carbons (Fsp3) is 0.100. The van der Waals surface area contributed by atoms with Gasteiger partial charge in [0.25, 0.3) is 5.91 Å². The molecule has 0 fully saturated rings. The standard InChI is InChI=1S/C20H16FN5OS2/c1-28-20-24-10-17(26(20)15-4-2-14(21)3-5-15)19(27)23-11-18-25-16(12-29-18)13-6-8-22-9-7-13/h2-10,12H,11H2,1H3,(H,23,27). The molecule has 1 amide bonds. The first kappa shape index (κ1) is 19.3. The van der Waals surface area contributed by atoms with Gasteiger partial charge in [-0.3, -0.25) is 14.3 Å². The molecule has 0 spiro atoms. The molecule has 9 heteroatoms. The number of nitrogens with zero attached hydrogens (tertiary/aromatic N) is 4. The van der Waals surface area contributed by atoms with Crippen molar-refractivity contribution in [3.05, 3.63) is 76.9 Å². The van der Waals surface area contributed by atoms with Crippen molar-refractivity contribution in [3.63, 3.8) is 0 Å². The maximum Gasteiger partial charge on any atom is 0.270 e. The van der Waals surface area contributed by atoms with E-state index < -0.39 is 0 Å². The van der Waals surface area contributed by atoms with E-state index in [1.165, 1.54) is 41.4 Å². The molecule has 0 aliphatic rings. The molecule has 0 atom stereocenters. The summed E-state index contributed by atoms with van der Waals surface area (Å²) in [7, 11) is 0. The van der Waals surface area contributed by atoms with Crippen LogP contribution in [0.3, 0.4) is 0 Å². The summed E-state index contributed by atoms with van der Waals surface area (Å²) in [5.74, 6) is -0.609. The minimum Gasteiger partial charge on any atom is -0.344 e. The van der Waals surface area contributed by atoms with Gasteiger partial charge in [0.1, 0.15) is 16.5 Å². The van der Waals surface area contributed by atoms with Crippen LogP contribution >= 0.6 is 23.1 Å². The van der Waals surface area contributed by atoms with Crippen LogP contribution in [0.1, 0.15) is 15.5 Å². The molecule has 1 aromatic carbocycles. The number of aromatic nitrogens is 4. The van der Waals surface area contributed by atoms with E-state index in [0.29, 0.717) is 23.1 Å². The molecule has 0 saturated heterocycles. The average molecular weight is 426 g/mol. The molecule has 0 bridgehead atoms. The van der Waals surface area contributed by atoms with Gasteiger partial charge in [-0.1, -0.05) is 11.8 Å². The van der Waals surface area contributed by atoms with E-state index >= 15 is 0 Å². The lowest BCUT2D eigenvalue weighted by Crippen LogP contribution is -2.25. The third-order valence-electron chi connectivity index (χ3n) is 4.16. The summed E-state index contributed by atoms with van der Waals surface area (Å²) >= 11 is 2.89. The van der Waals surface area contributed by atoms with Gasteiger partial charge in [0.15, 0.2) is 5.16 Å². The molecule has 0 radical (unpaired) electrons. The number of hydrogen-bond acceptors (Lipinski definition) is 6. The Morgan fingerprint density at radius 1 is 1.21 bits per heavy atom. The lowest BCUT2D eigenvalue weighted by Gasteiger charge is -2.11. The van der Waals surface area contributed by atoms with E-state index in [-0.39, 0.29) is 11.7 Å². The number of thioether (sulfide) groups is 1. The Labute approximate surface area is 174 Å². The van der Waals surface area contributed by atoms with Crippen LogP contribution in [0.2, 0.25) is 0 Å². The number of amides is 1. The summed E-state index contributed by atoms with van der Waals surface area (Å²) in [4.78, 5) is 25.7. The molecular weight excluding hydrogens is 409 g/mol. The van der Waals surface area contributed by atoms with Crippen molar-refractivity contribution in [2.24, 2.45) is 0 Å². The van der Waals surface area contributed by atoms with Gasteiger partial charge >= 0.3 is 0 Å². The quantitative estimate of drug-likeness (QED) is 0.469. The van der Waals surface area contributed by atoms with E-state index in [1.54, 1.807) is 29.1 Å². The van der Waals surface area contributed by atoms with Gasteiger partial charge in [-0.2, -0.15) is 0 Å². The highest BCUT2D eigenvalue weighted by Crippen LogP contribution is 2.23. The van der Waals surface area contributed by atoms with Crippen LogP contribution < -0.4 is 5.32 Å². The first-order valence-corrected chi connectivity index (χ1v) is 10.8. The predicted octanol–water partition coefficient (Wildman–Crippen LogP) is 4.18. The molecule has 146 valence electrons. The highest BCUT2D eigenvalue weighted by Gasteiger charge is 2.18. The Hall–Kier alpha value is -3.04. The normalized spacial score (nSPS) is 10.8. The third-order valence-corrected chi connectivity index (χ3v) is 5.66. The van der Waals surface area contributed by atoms with Gasteiger partial charge in [-0.25, -0.2) is 14.4 Å². The molecule has 6 nitrogen and oxygen atoms in total. The Morgan fingerprint density at radius 2 is 1.97 bits per heavy atom. The average Bonchev–Trinajstić information content (AvgIpc) is 3.40. The lowest BCUT2D eigenvalue weighted by atomic mass is 10.2. The zero-order chi connectivity index (χ0) is 20.2. The van der Waals surface area contributed by atoms with Crippen LogP contribution in [0.5, 0.6) is 0 Å². The number of carbonyl (C=O) groups is 1. The molecular formula is C20H16FN5OS2. The van der Waals surface area contributed by atoms with Crippen molar-refractivity contribution < 1.29 is 9.18 Å². The topological polar surface area (TPSA) is 72.7 Å². The van der Waals surface area contributed by atoms with Gasteiger partial charge in [0.2, 0.25) is 0 Å². The Bertz CT molecular complexity index is 1130. The highest BCUT2D eigenvalue weighted by atomic mass is 32.2. The van der Waals surface area contributed by atoms with Crippen molar-refractivity contribution >= 4 is 29.0 Å². The van der Waals surface area contributed by atoms with E-state index in [1.807, 2.05) is 23.8 Å². The second-order valence-electron chi connectivity index (χ2n) is 5.99. The Kier molecular flexibility index (Phi) is 5.68. The first-order valence-electron chi connectivity index (χ1n) is 8.66. The molecule has 0 aliphatic carbocycles. The molecule has 4 rings (SSSR count). The second-order valence-corrected chi connectivity index (χ2v) is 7.70. The fourth-order valence-corrected chi connectivity index (χ4v) is 4.06. The Balaban J connectivity index is 1.52. The summed E-state index contributed by atoms with van der Waals surface area (Å²) in [6.45, 7) is 0.303. The number of halogens is 1. The molecule has 3 aromatic heterocycles. The number of pyridine rings is 1. The van der Waals surface area contributed by atoms with Crippen molar-refractivity contribution in [3.8, 4) is 16.9 Å². The van der Waals surface area contributed by atoms with Gasteiger partial charge in [-0.15, -0.1) is 11.3 Å². The first-order chi connectivity index (χ1) is 14.2. The summed E-state index contributed by atoms with van der Waals surface area (Å²) in [5, 5.41) is 6.28. The predicted molar refractivity (Wildman–Crippen MR) is 112 cm³/mol. The number of thiazole rings is 1. The van der Waals surface area contributed by atoms with Crippen LogP contribution in [0.25, 0.3) is 16.9 Å². The molecule has 0 unspecified atom stereocenters. The van der Waals surface area contributed by atoms with Crippen molar-refractivity contribution in [1.29, 1.82) is 0 Å². The number of nitrogens with one attached hydrogen (secondary N) is 1. The highest BCUT2D eigenvalue weighted by molar-refractivity contribution is 7.98. The van der Waals surface area contributed by atoms with Crippen LogP contribution in [0, 0.1) is 5.82 Å². The maximum atomic E-state index is 13.3. The summed E-state index contributed by atoms with van der Waals surface area (Å²) < 4.78 is 15.0. The number of carbonyl (C=O) groups excluding carboxylic acids is 1. The second kappa shape index (κ2) is 8.54. The van der Waals surface area contributed by atoms with Crippen molar-refractivity contribution in [2.75, 3.05) is 6.26 Å².